The summed E-state index contributed by atoms with van der Waals surface area (Å²) in [7, 11) is 1.82. The molecule has 1 aliphatic rings. The summed E-state index contributed by atoms with van der Waals surface area (Å²) < 4.78 is 7.22. The summed E-state index contributed by atoms with van der Waals surface area (Å²) in [5.41, 5.74) is 4.20. The molecule has 3 aromatic rings. The van der Waals surface area contributed by atoms with E-state index < -0.39 is 5.60 Å². The average Bonchev–Trinajstić information content (AvgIpc) is 2.91. The number of hydrogen-bond donors (Lipinski definition) is 1. The molecule has 2 heterocycles. The average molecular weight is 565 g/mol. The Labute approximate surface area is 242 Å². The summed E-state index contributed by atoms with van der Waals surface area (Å²) in [5.74, 6) is 1.11. The highest BCUT2D eigenvalue weighted by molar-refractivity contribution is 7.99. The van der Waals surface area contributed by atoms with Crippen molar-refractivity contribution in [3.05, 3.63) is 64.4 Å². The van der Waals surface area contributed by atoms with E-state index in [0.29, 0.717) is 13.1 Å². The Morgan fingerprint density at radius 1 is 0.950 bits per heavy atom. The fourth-order valence-corrected chi connectivity index (χ4v) is 5.99. The van der Waals surface area contributed by atoms with Gasteiger partial charge in [-0.25, -0.2) is 4.79 Å². The molecule has 4 rings (SSSR count). The van der Waals surface area contributed by atoms with Gasteiger partial charge in [0, 0.05) is 62.1 Å². The van der Waals surface area contributed by atoms with Crippen LogP contribution >= 0.6 is 11.8 Å². The molecule has 7 nitrogen and oxygen atoms in total. The van der Waals surface area contributed by atoms with Crippen molar-refractivity contribution in [1.29, 1.82) is 0 Å². The number of unbranched alkanes of at least 4 members (excludes halogenated alkanes) is 3. The number of ether oxygens (including phenoxy) is 1. The molecule has 0 atom stereocenters. The molecule has 0 spiro atoms. The molecule has 0 aliphatic carbocycles. The number of fused-ring (bicyclic) bond motifs is 1. The molecule has 0 saturated carbocycles. The second kappa shape index (κ2) is 13.5. The smallest absolute Gasteiger partial charge is 0.410 e. The highest BCUT2D eigenvalue weighted by Crippen LogP contribution is 2.26. The van der Waals surface area contributed by atoms with Gasteiger partial charge in [-0.2, -0.15) is 0 Å². The molecule has 1 fully saturated rings. The molecule has 1 aliphatic heterocycles. The van der Waals surface area contributed by atoms with Crippen molar-refractivity contribution >= 4 is 40.1 Å². The number of carbonyl (C=O) groups is 1. The number of aryl methyl sites for hydroxylation is 2. The third-order valence-electron chi connectivity index (χ3n) is 7.23. The van der Waals surface area contributed by atoms with Crippen LogP contribution in [0.4, 0.5) is 16.2 Å². The number of nitrogens with zero attached hydrogens (tertiary/aromatic N) is 3. The summed E-state index contributed by atoms with van der Waals surface area (Å²) in [6.07, 6.45) is 4.57. The number of anilines is 2. The van der Waals surface area contributed by atoms with E-state index in [1.165, 1.54) is 35.4 Å². The summed E-state index contributed by atoms with van der Waals surface area (Å²) in [6.45, 7) is 11.8. The van der Waals surface area contributed by atoms with Gasteiger partial charge < -0.3 is 24.4 Å². The SMILES string of the molecule is Cc1cc(NCCCCCCSc2ccc3c(ccc(=O)n3C)c2)ccc1N1CCN(C(=O)OC(C)(C)C)CC1. The number of aromatic nitrogens is 1. The molecule has 2 aromatic carbocycles. The van der Waals surface area contributed by atoms with E-state index >= 15 is 0 Å². The number of piperazine rings is 1. The number of rotatable bonds is 10. The second-order valence-corrected chi connectivity index (χ2v) is 12.8. The van der Waals surface area contributed by atoms with Crippen molar-refractivity contribution in [1.82, 2.24) is 9.47 Å². The molecule has 1 aromatic heterocycles. The van der Waals surface area contributed by atoms with Gasteiger partial charge in [-0.3, -0.25) is 4.79 Å². The zero-order valence-corrected chi connectivity index (χ0v) is 25.5. The van der Waals surface area contributed by atoms with Crippen LogP contribution in [-0.4, -0.2) is 59.6 Å². The monoisotopic (exact) mass is 564 g/mol. The number of pyridine rings is 1. The Morgan fingerprint density at radius 2 is 1.70 bits per heavy atom. The summed E-state index contributed by atoms with van der Waals surface area (Å²) in [4.78, 5) is 29.6. The first-order chi connectivity index (χ1) is 19.1. The Balaban J connectivity index is 1.12. The Kier molecular flexibility index (Phi) is 10.1. The highest BCUT2D eigenvalue weighted by atomic mass is 32.2. The minimum Gasteiger partial charge on any atom is -0.444 e. The molecule has 1 saturated heterocycles. The lowest BCUT2D eigenvalue weighted by atomic mass is 10.1. The molecule has 8 heteroatoms. The molecule has 216 valence electrons. The maximum Gasteiger partial charge on any atom is 0.410 e. The van der Waals surface area contributed by atoms with Gasteiger partial charge in [0.2, 0.25) is 0 Å². The normalized spacial score (nSPS) is 14.0. The quantitative estimate of drug-likeness (QED) is 0.219. The zero-order valence-electron chi connectivity index (χ0n) is 24.7. The van der Waals surface area contributed by atoms with Crippen molar-refractivity contribution in [2.75, 3.05) is 48.7 Å². The van der Waals surface area contributed by atoms with Gasteiger partial charge in [0.25, 0.3) is 5.56 Å². The minimum absolute atomic E-state index is 0.0292. The highest BCUT2D eigenvalue weighted by Gasteiger charge is 2.26. The van der Waals surface area contributed by atoms with Crippen LogP contribution in [0.5, 0.6) is 0 Å². The maximum absolute atomic E-state index is 12.4. The van der Waals surface area contributed by atoms with Crippen molar-refractivity contribution in [3.63, 3.8) is 0 Å². The first-order valence-corrected chi connectivity index (χ1v) is 15.4. The van der Waals surface area contributed by atoms with E-state index in [4.69, 9.17) is 4.74 Å². The number of hydrogen-bond acceptors (Lipinski definition) is 6. The zero-order chi connectivity index (χ0) is 28.7. The molecular weight excluding hydrogens is 520 g/mol. The number of thioether (sulfide) groups is 1. The number of nitrogens with one attached hydrogen (secondary N) is 1. The van der Waals surface area contributed by atoms with Crippen LogP contribution in [0.15, 0.2) is 58.2 Å². The van der Waals surface area contributed by atoms with E-state index in [2.05, 4.69) is 47.5 Å². The van der Waals surface area contributed by atoms with Crippen molar-refractivity contribution in [2.45, 2.75) is 63.9 Å². The Bertz CT molecular complexity index is 1360. The number of benzene rings is 2. The second-order valence-electron chi connectivity index (χ2n) is 11.6. The van der Waals surface area contributed by atoms with Gasteiger partial charge in [-0.05, 0) is 99.7 Å². The number of carbonyl (C=O) groups excluding carboxylic acids is 1. The van der Waals surface area contributed by atoms with Crippen molar-refractivity contribution in [2.24, 2.45) is 7.05 Å². The van der Waals surface area contributed by atoms with Gasteiger partial charge in [-0.1, -0.05) is 12.8 Å². The lowest BCUT2D eigenvalue weighted by Gasteiger charge is -2.37. The molecule has 1 N–H and O–H groups in total. The van der Waals surface area contributed by atoms with Crippen LogP contribution < -0.4 is 15.8 Å². The minimum atomic E-state index is -0.462. The summed E-state index contributed by atoms with van der Waals surface area (Å²) in [5, 5.41) is 4.70. The Morgan fingerprint density at radius 3 is 2.42 bits per heavy atom. The van der Waals surface area contributed by atoms with Gasteiger partial charge in [0.05, 0.1) is 5.52 Å². The van der Waals surface area contributed by atoms with Crippen LogP contribution in [0.3, 0.4) is 0 Å². The maximum atomic E-state index is 12.4. The van der Waals surface area contributed by atoms with Crippen LogP contribution in [-0.2, 0) is 11.8 Å². The van der Waals surface area contributed by atoms with Gasteiger partial charge >= 0.3 is 6.09 Å². The van der Waals surface area contributed by atoms with E-state index in [1.54, 1.807) is 15.5 Å². The van der Waals surface area contributed by atoms with Gasteiger partial charge in [0.15, 0.2) is 0 Å². The van der Waals surface area contributed by atoms with Crippen LogP contribution in [0.1, 0.15) is 52.0 Å². The topological polar surface area (TPSA) is 66.8 Å². The first-order valence-electron chi connectivity index (χ1n) is 14.4. The molecule has 40 heavy (non-hydrogen) atoms. The summed E-state index contributed by atoms with van der Waals surface area (Å²) >= 11 is 1.89. The number of amides is 1. The largest absolute Gasteiger partial charge is 0.444 e. The standard InChI is InChI=1S/C32H44N4O3S/c1-24-22-26(11-13-28(24)35-17-19-36(20-18-35)31(38)39-32(2,3)4)33-16-8-6-7-9-21-40-27-12-14-29-25(23-27)10-15-30(37)34(29)5/h10-15,22-23,33H,6-9,16-21H2,1-5H3. The lowest BCUT2D eigenvalue weighted by molar-refractivity contribution is 0.0240. The summed E-state index contributed by atoms with van der Waals surface area (Å²) in [6, 6.07) is 16.5. The predicted molar refractivity (Wildman–Crippen MR) is 168 cm³/mol. The fourth-order valence-electron chi connectivity index (χ4n) is 5.03. The first kappa shape index (κ1) is 29.8. The van der Waals surface area contributed by atoms with E-state index in [-0.39, 0.29) is 11.7 Å². The predicted octanol–water partition coefficient (Wildman–Crippen LogP) is 6.67. The van der Waals surface area contributed by atoms with Gasteiger partial charge in [0.1, 0.15) is 5.60 Å². The Hall–Kier alpha value is -3.13. The third kappa shape index (κ3) is 8.19. The lowest BCUT2D eigenvalue weighted by Crippen LogP contribution is -2.50. The molecule has 1 amide bonds. The van der Waals surface area contributed by atoms with Crippen LogP contribution in [0.2, 0.25) is 0 Å². The molecule has 0 bridgehead atoms. The van der Waals surface area contributed by atoms with Crippen LogP contribution in [0, 0.1) is 6.92 Å². The third-order valence-corrected chi connectivity index (χ3v) is 8.31. The van der Waals surface area contributed by atoms with E-state index in [9.17, 15) is 9.59 Å². The molecule has 0 unspecified atom stereocenters. The molecular formula is C32H44N4O3S. The van der Waals surface area contributed by atoms with Crippen molar-refractivity contribution < 1.29 is 9.53 Å². The van der Waals surface area contributed by atoms with Crippen molar-refractivity contribution in [3.8, 4) is 0 Å². The van der Waals surface area contributed by atoms with E-state index in [0.717, 1.165) is 48.4 Å². The molecule has 0 radical (unpaired) electrons. The van der Waals surface area contributed by atoms with Gasteiger partial charge in [-0.15, -0.1) is 11.8 Å². The van der Waals surface area contributed by atoms with Crippen LogP contribution in [0.25, 0.3) is 10.9 Å². The fraction of sp³-hybridized carbons (Fsp3) is 0.500. The van der Waals surface area contributed by atoms with E-state index in [1.807, 2.05) is 51.7 Å².